The van der Waals surface area contributed by atoms with Gasteiger partial charge in [-0.2, -0.15) is 15.0 Å². The zero-order chi connectivity index (χ0) is 24.7. The van der Waals surface area contributed by atoms with Crippen molar-refractivity contribution in [1.82, 2.24) is 15.0 Å². The summed E-state index contributed by atoms with van der Waals surface area (Å²) < 4.78 is 0. The molecule has 2 aromatic carbocycles. The first kappa shape index (κ1) is 23.8. The Kier molecular flexibility index (Phi) is 7.44. The molecule has 5 rings (SSSR count). The van der Waals surface area contributed by atoms with Crippen LogP contribution in [-0.4, -0.2) is 47.0 Å². The number of piperidine rings is 2. The molecule has 0 spiro atoms. The lowest BCUT2D eigenvalue weighted by molar-refractivity contribution is 0.102. The zero-order valence-corrected chi connectivity index (χ0v) is 20.6. The Morgan fingerprint density at radius 1 is 0.778 bits per heavy atom. The number of carbonyl (C=O) groups is 1. The fourth-order valence-electron chi connectivity index (χ4n) is 4.66. The van der Waals surface area contributed by atoms with E-state index in [1.807, 2.05) is 36.4 Å². The lowest BCUT2D eigenvalue weighted by Gasteiger charge is -2.30. The predicted octanol–water partition coefficient (Wildman–Crippen LogP) is 4.30. The molecular formula is C27H34N8O. The minimum atomic E-state index is -0.192. The van der Waals surface area contributed by atoms with E-state index in [2.05, 4.69) is 20.4 Å². The number of benzene rings is 2. The maximum atomic E-state index is 12.6. The van der Waals surface area contributed by atoms with Gasteiger partial charge in [0.1, 0.15) is 0 Å². The van der Waals surface area contributed by atoms with Crippen LogP contribution in [0.5, 0.6) is 0 Å². The third-order valence-electron chi connectivity index (χ3n) is 6.77. The van der Waals surface area contributed by atoms with E-state index in [0.717, 1.165) is 43.6 Å². The smallest absolute Gasteiger partial charge is 0.255 e. The molecule has 36 heavy (non-hydrogen) atoms. The van der Waals surface area contributed by atoms with Crippen LogP contribution >= 0.6 is 0 Å². The molecule has 0 unspecified atom stereocenters. The molecule has 4 N–H and O–H groups in total. The van der Waals surface area contributed by atoms with E-state index in [-0.39, 0.29) is 5.91 Å². The number of para-hydroxylation sites is 2. The molecule has 3 heterocycles. The molecule has 9 heteroatoms. The van der Waals surface area contributed by atoms with Crippen LogP contribution in [0.4, 0.5) is 29.2 Å². The van der Waals surface area contributed by atoms with E-state index in [0.29, 0.717) is 29.4 Å². The lowest BCUT2D eigenvalue weighted by Crippen LogP contribution is -2.34. The van der Waals surface area contributed by atoms with Crippen LogP contribution < -0.4 is 26.2 Å². The van der Waals surface area contributed by atoms with Crippen molar-refractivity contribution < 1.29 is 4.79 Å². The molecule has 0 aliphatic carbocycles. The van der Waals surface area contributed by atoms with Gasteiger partial charge in [0.05, 0.1) is 11.4 Å². The minimum Gasteiger partial charge on any atom is -0.397 e. The number of nitrogen functional groups attached to an aromatic ring is 1. The zero-order valence-electron chi connectivity index (χ0n) is 20.6. The summed E-state index contributed by atoms with van der Waals surface area (Å²) in [4.78, 5) is 31.5. The van der Waals surface area contributed by atoms with Crippen molar-refractivity contribution in [2.24, 2.45) is 0 Å². The Balaban J connectivity index is 1.27. The normalized spacial score (nSPS) is 16.0. The molecule has 2 saturated heterocycles. The minimum absolute atomic E-state index is 0.192. The fraction of sp³-hybridized carbons (Fsp3) is 0.407. The highest BCUT2D eigenvalue weighted by molar-refractivity contribution is 6.05. The van der Waals surface area contributed by atoms with Gasteiger partial charge in [-0.1, -0.05) is 24.3 Å². The van der Waals surface area contributed by atoms with E-state index in [1.54, 1.807) is 12.1 Å². The van der Waals surface area contributed by atoms with Gasteiger partial charge >= 0.3 is 0 Å². The summed E-state index contributed by atoms with van der Waals surface area (Å²) in [5, 5.41) is 6.25. The molecule has 2 fully saturated rings. The monoisotopic (exact) mass is 486 g/mol. The van der Waals surface area contributed by atoms with Gasteiger partial charge in [0.15, 0.2) is 0 Å². The number of rotatable bonds is 7. The molecule has 0 saturated carbocycles. The Labute approximate surface area is 212 Å². The van der Waals surface area contributed by atoms with Crippen LogP contribution in [0.15, 0.2) is 48.5 Å². The number of nitrogens with two attached hydrogens (primary N) is 1. The molecule has 2 aliphatic rings. The Hall–Kier alpha value is -3.88. The summed E-state index contributed by atoms with van der Waals surface area (Å²) >= 11 is 0. The predicted molar refractivity (Wildman–Crippen MR) is 145 cm³/mol. The van der Waals surface area contributed by atoms with E-state index in [4.69, 9.17) is 20.7 Å². The average Bonchev–Trinajstić information content (AvgIpc) is 2.94. The van der Waals surface area contributed by atoms with Crippen molar-refractivity contribution in [2.75, 3.05) is 52.3 Å². The second-order valence-corrected chi connectivity index (χ2v) is 9.45. The Bertz CT molecular complexity index is 1130. The van der Waals surface area contributed by atoms with Crippen LogP contribution in [0.25, 0.3) is 0 Å². The molecule has 3 aromatic rings. The largest absolute Gasteiger partial charge is 0.397 e. The van der Waals surface area contributed by atoms with Crippen molar-refractivity contribution >= 4 is 35.1 Å². The average molecular weight is 487 g/mol. The van der Waals surface area contributed by atoms with Crippen molar-refractivity contribution in [3.63, 3.8) is 0 Å². The molecule has 2 aliphatic heterocycles. The Morgan fingerprint density at radius 3 is 1.94 bits per heavy atom. The molecule has 0 bridgehead atoms. The number of hydrogen-bond acceptors (Lipinski definition) is 8. The molecule has 9 nitrogen and oxygen atoms in total. The summed E-state index contributed by atoms with van der Waals surface area (Å²) in [7, 11) is 0. The van der Waals surface area contributed by atoms with Gasteiger partial charge in [-0.05, 0) is 68.4 Å². The summed E-state index contributed by atoms with van der Waals surface area (Å²) in [6.07, 6.45) is 7.21. The van der Waals surface area contributed by atoms with E-state index >= 15 is 0 Å². The fourth-order valence-corrected chi connectivity index (χ4v) is 4.66. The van der Waals surface area contributed by atoms with Crippen LogP contribution in [0.3, 0.4) is 0 Å². The standard InChI is InChI=1S/C27H34N8O/c28-22-9-3-4-10-23(22)30-24(36)21-13-11-20(12-14-21)19-29-25-31-26(34-15-5-1-6-16-34)33-27(32-25)35-17-7-2-8-18-35/h3-4,9-14H,1-2,5-8,15-19,28H2,(H,30,36)(H,29,31,32,33). The van der Waals surface area contributed by atoms with Crippen LogP contribution in [0.1, 0.15) is 54.4 Å². The maximum Gasteiger partial charge on any atom is 0.255 e. The van der Waals surface area contributed by atoms with Crippen LogP contribution in [-0.2, 0) is 6.54 Å². The highest BCUT2D eigenvalue weighted by Crippen LogP contribution is 2.23. The van der Waals surface area contributed by atoms with Gasteiger partial charge in [0.25, 0.3) is 5.91 Å². The van der Waals surface area contributed by atoms with Crippen molar-refractivity contribution in [1.29, 1.82) is 0 Å². The van der Waals surface area contributed by atoms with Crippen LogP contribution in [0.2, 0.25) is 0 Å². The quantitative estimate of drug-likeness (QED) is 0.424. The topological polar surface area (TPSA) is 112 Å². The van der Waals surface area contributed by atoms with Crippen molar-refractivity contribution in [2.45, 2.75) is 45.1 Å². The van der Waals surface area contributed by atoms with Gasteiger partial charge < -0.3 is 26.2 Å². The number of nitrogens with zero attached hydrogens (tertiary/aromatic N) is 5. The van der Waals surface area contributed by atoms with Gasteiger partial charge in [0, 0.05) is 38.3 Å². The van der Waals surface area contributed by atoms with Gasteiger partial charge in [-0.25, -0.2) is 0 Å². The molecule has 0 radical (unpaired) electrons. The molecular weight excluding hydrogens is 452 g/mol. The second kappa shape index (κ2) is 11.2. The molecule has 188 valence electrons. The van der Waals surface area contributed by atoms with Crippen molar-refractivity contribution in [3.8, 4) is 0 Å². The second-order valence-electron chi connectivity index (χ2n) is 9.45. The van der Waals surface area contributed by atoms with Gasteiger partial charge in [0.2, 0.25) is 17.8 Å². The number of carbonyl (C=O) groups excluding carboxylic acids is 1. The molecule has 1 amide bonds. The third kappa shape index (κ3) is 5.84. The number of nitrogens with one attached hydrogen (secondary N) is 2. The highest BCUT2D eigenvalue weighted by Gasteiger charge is 2.20. The summed E-state index contributed by atoms with van der Waals surface area (Å²) in [5.41, 5.74) is 8.69. The number of aromatic nitrogens is 3. The first-order chi connectivity index (χ1) is 17.7. The van der Waals surface area contributed by atoms with Crippen LogP contribution in [0, 0.1) is 0 Å². The van der Waals surface area contributed by atoms with Gasteiger partial charge in [-0.3, -0.25) is 4.79 Å². The summed E-state index contributed by atoms with van der Waals surface area (Å²) in [6.45, 7) is 4.50. The van der Waals surface area contributed by atoms with Crippen molar-refractivity contribution in [3.05, 3.63) is 59.7 Å². The van der Waals surface area contributed by atoms with E-state index in [1.165, 1.54) is 38.5 Å². The lowest BCUT2D eigenvalue weighted by atomic mass is 10.1. The maximum absolute atomic E-state index is 12.6. The first-order valence-corrected chi connectivity index (χ1v) is 12.9. The van der Waals surface area contributed by atoms with Gasteiger partial charge in [-0.15, -0.1) is 0 Å². The first-order valence-electron chi connectivity index (χ1n) is 12.9. The van der Waals surface area contributed by atoms with E-state index < -0.39 is 0 Å². The molecule has 1 aromatic heterocycles. The third-order valence-corrected chi connectivity index (χ3v) is 6.77. The summed E-state index contributed by atoms with van der Waals surface area (Å²) in [5.74, 6) is 1.93. The number of hydrogen-bond donors (Lipinski definition) is 3. The van der Waals surface area contributed by atoms with E-state index in [9.17, 15) is 4.79 Å². The number of anilines is 5. The Morgan fingerprint density at radius 2 is 1.36 bits per heavy atom. The highest BCUT2D eigenvalue weighted by atomic mass is 16.1. The summed E-state index contributed by atoms with van der Waals surface area (Å²) in [6, 6.07) is 14.7. The SMILES string of the molecule is Nc1ccccc1NC(=O)c1ccc(CNc2nc(N3CCCCC3)nc(N3CCCCC3)n2)cc1. The molecule has 0 atom stereocenters. The number of amides is 1.